The number of anilines is 1. The average molecular weight is 412 g/mol. The molecule has 5 nitrogen and oxygen atoms in total. The molecule has 0 aromatic heterocycles. The van der Waals surface area contributed by atoms with Gasteiger partial charge >= 0.3 is 0 Å². The Morgan fingerprint density at radius 1 is 0.800 bits per heavy atom. The summed E-state index contributed by atoms with van der Waals surface area (Å²) >= 11 is 0. The summed E-state index contributed by atoms with van der Waals surface area (Å²) in [7, 11) is 0. The van der Waals surface area contributed by atoms with E-state index in [9.17, 15) is 9.59 Å². The van der Waals surface area contributed by atoms with E-state index >= 15 is 0 Å². The van der Waals surface area contributed by atoms with Crippen LogP contribution in [0.5, 0.6) is 0 Å². The van der Waals surface area contributed by atoms with Gasteiger partial charge in [0.05, 0.1) is 5.69 Å². The maximum absolute atomic E-state index is 12.6. The Bertz CT molecular complexity index is 721. The molecule has 0 N–H and O–H groups in total. The van der Waals surface area contributed by atoms with Crippen LogP contribution in [0.15, 0.2) is 24.3 Å². The third-order valence-electron chi connectivity index (χ3n) is 7.17. The van der Waals surface area contributed by atoms with Crippen LogP contribution in [-0.4, -0.2) is 67.3 Å². The molecule has 1 amide bonds. The molecule has 0 atom stereocenters. The van der Waals surface area contributed by atoms with Crippen molar-refractivity contribution < 1.29 is 9.59 Å². The van der Waals surface area contributed by atoms with Gasteiger partial charge in [-0.05, 0) is 50.3 Å². The van der Waals surface area contributed by atoms with E-state index in [1.54, 1.807) is 0 Å². The van der Waals surface area contributed by atoms with Crippen molar-refractivity contribution in [1.82, 2.24) is 9.80 Å². The minimum Gasteiger partial charge on any atom is -0.312 e. The first-order chi connectivity index (χ1) is 14.7. The van der Waals surface area contributed by atoms with Crippen molar-refractivity contribution >= 4 is 17.4 Å². The van der Waals surface area contributed by atoms with Crippen LogP contribution in [0.25, 0.3) is 0 Å². The van der Waals surface area contributed by atoms with E-state index in [4.69, 9.17) is 0 Å². The maximum Gasteiger partial charge on any atom is 0.227 e. The number of amides is 1. The van der Waals surface area contributed by atoms with Gasteiger partial charge in [-0.25, -0.2) is 0 Å². The van der Waals surface area contributed by atoms with Gasteiger partial charge in [0.15, 0.2) is 5.78 Å². The predicted molar refractivity (Wildman–Crippen MR) is 121 cm³/mol. The minimum absolute atomic E-state index is 0.0876. The highest BCUT2D eigenvalue weighted by Gasteiger charge is 2.26. The number of carbonyl (C=O) groups is 2. The summed E-state index contributed by atoms with van der Waals surface area (Å²) in [5, 5.41) is 0. The number of para-hydroxylation sites is 1. The monoisotopic (exact) mass is 411 g/mol. The zero-order chi connectivity index (χ0) is 20.8. The fourth-order valence-corrected chi connectivity index (χ4v) is 5.35. The molecule has 1 saturated carbocycles. The van der Waals surface area contributed by atoms with Gasteiger partial charge in [-0.2, -0.15) is 0 Å². The third kappa shape index (κ3) is 5.50. The number of carbonyl (C=O) groups excluding carboxylic acids is 2. The molecule has 2 aliphatic heterocycles. The highest BCUT2D eigenvalue weighted by Crippen LogP contribution is 2.27. The van der Waals surface area contributed by atoms with Gasteiger partial charge in [0.2, 0.25) is 5.91 Å². The largest absolute Gasteiger partial charge is 0.312 e. The normalized spacial score (nSPS) is 22.2. The van der Waals surface area contributed by atoms with Crippen LogP contribution in [0.4, 0.5) is 5.69 Å². The van der Waals surface area contributed by atoms with Gasteiger partial charge in [-0.3, -0.25) is 9.59 Å². The van der Waals surface area contributed by atoms with Crippen LogP contribution in [0.3, 0.4) is 0 Å². The van der Waals surface area contributed by atoms with Crippen LogP contribution in [0, 0.1) is 5.92 Å². The van der Waals surface area contributed by atoms with Gasteiger partial charge in [0.1, 0.15) is 0 Å². The summed E-state index contributed by atoms with van der Waals surface area (Å²) in [6.45, 7) is 7.89. The molecule has 3 aliphatic rings. The fraction of sp³-hybridized carbons (Fsp3) is 0.680. The Kier molecular flexibility index (Phi) is 7.56. The number of piperazine rings is 1. The van der Waals surface area contributed by atoms with Crippen LogP contribution < -0.4 is 4.90 Å². The summed E-state index contributed by atoms with van der Waals surface area (Å²) < 4.78 is 0. The van der Waals surface area contributed by atoms with Crippen molar-refractivity contribution in [2.24, 2.45) is 5.92 Å². The number of unbranched alkanes of at least 4 members (excludes halogenated alkanes) is 1. The van der Waals surface area contributed by atoms with Crippen molar-refractivity contribution in [2.45, 2.75) is 57.8 Å². The first-order valence-electron chi connectivity index (χ1n) is 12.1. The molecule has 0 spiro atoms. The second kappa shape index (κ2) is 10.5. The lowest BCUT2D eigenvalue weighted by molar-refractivity contribution is -0.118. The van der Waals surface area contributed by atoms with Crippen molar-refractivity contribution in [2.75, 3.05) is 50.7 Å². The van der Waals surface area contributed by atoms with Crippen molar-refractivity contribution in [3.05, 3.63) is 29.8 Å². The van der Waals surface area contributed by atoms with Crippen LogP contribution in [0.1, 0.15) is 68.1 Å². The van der Waals surface area contributed by atoms with E-state index in [-0.39, 0.29) is 11.7 Å². The number of ketones is 1. The molecule has 2 fully saturated rings. The average Bonchev–Trinajstić information content (AvgIpc) is 2.90. The van der Waals surface area contributed by atoms with E-state index in [1.807, 2.05) is 29.2 Å². The van der Waals surface area contributed by atoms with Crippen molar-refractivity contribution in [3.63, 3.8) is 0 Å². The zero-order valence-corrected chi connectivity index (χ0v) is 18.4. The second-order valence-corrected chi connectivity index (χ2v) is 9.34. The quantitative estimate of drug-likeness (QED) is 0.637. The van der Waals surface area contributed by atoms with E-state index in [0.717, 1.165) is 31.0 Å². The predicted octanol–water partition coefficient (Wildman–Crippen LogP) is 3.97. The van der Waals surface area contributed by atoms with Gasteiger partial charge in [-0.1, -0.05) is 31.4 Å². The van der Waals surface area contributed by atoms with Crippen LogP contribution in [-0.2, 0) is 4.79 Å². The van der Waals surface area contributed by atoms with Crippen molar-refractivity contribution in [3.8, 4) is 0 Å². The molecule has 1 saturated heterocycles. The Morgan fingerprint density at radius 2 is 1.50 bits per heavy atom. The SMILES string of the molecule is O=C1CCC(=O)N(CCCCN2CCN(CC3CCCCC3)CC2)c2ccccc21. The number of rotatable bonds is 7. The molecule has 30 heavy (non-hydrogen) atoms. The van der Waals surface area contributed by atoms with Gasteiger partial charge in [-0.15, -0.1) is 0 Å². The molecule has 4 rings (SSSR count). The number of benzene rings is 1. The minimum atomic E-state index is 0.0876. The summed E-state index contributed by atoms with van der Waals surface area (Å²) in [6, 6.07) is 7.58. The maximum atomic E-state index is 12.6. The van der Waals surface area contributed by atoms with Gasteiger partial charge in [0.25, 0.3) is 0 Å². The van der Waals surface area contributed by atoms with E-state index in [0.29, 0.717) is 24.9 Å². The standard InChI is InChI=1S/C25H37N3O2/c29-24-12-13-25(30)28(23-11-5-4-10-22(23)24)15-7-6-14-26-16-18-27(19-17-26)20-21-8-2-1-3-9-21/h4-5,10-11,21H,1-3,6-9,12-20H2. The molecule has 0 radical (unpaired) electrons. The summed E-state index contributed by atoms with van der Waals surface area (Å²) in [6.07, 6.45) is 9.92. The molecule has 164 valence electrons. The first-order valence-corrected chi connectivity index (χ1v) is 12.1. The van der Waals surface area contributed by atoms with E-state index in [1.165, 1.54) is 64.8 Å². The van der Waals surface area contributed by atoms with Gasteiger partial charge < -0.3 is 14.7 Å². The third-order valence-corrected chi connectivity index (χ3v) is 7.17. The topological polar surface area (TPSA) is 43.9 Å². The number of nitrogens with zero attached hydrogens (tertiary/aromatic N) is 3. The molecule has 2 heterocycles. The number of hydrogen-bond donors (Lipinski definition) is 0. The lowest BCUT2D eigenvalue weighted by atomic mass is 9.89. The molecule has 0 unspecified atom stereocenters. The highest BCUT2D eigenvalue weighted by atomic mass is 16.2. The fourth-order valence-electron chi connectivity index (χ4n) is 5.35. The molecule has 1 aromatic rings. The zero-order valence-electron chi connectivity index (χ0n) is 18.4. The van der Waals surface area contributed by atoms with E-state index < -0.39 is 0 Å². The summed E-state index contributed by atoms with van der Waals surface area (Å²) in [5.74, 6) is 1.11. The Hall–Kier alpha value is -1.72. The highest BCUT2D eigenvalue weighted by molar-refractivity contribution is 6.09. The Morgan fingerprint density at radius 3 is 2.30 bits per heavy atom. The van der Waals surface area contributed by atoms with E-state index in [2.05, 4.69) is 9.80 Å². The first kappa shape index (κ1) is 21.5. The molecule has 5 heteroatoms. The number of fused-ring (bicyclic) bond motifs is 1. The number of hydrogen-bond acceptors (Lipinski definition) is 4. The van der Waals surface area contributed by atoms with Crippen LogP contribution >= 0.6 is 0 Å². The molecular weight excluding hydrogens is 374 g/mol. The smallest absolute Gasteiger partial charge is 0.227 e. The van der Waals surface area contributed by atoms with Gasteiger partial charge in [0, 0.05) is 57.7 Å². The Balaban J connectivity index is 1.19. The molecular formula is C25H37N3O2. The molecule has 0 bridgehead atoms. The second-order valence-electron chi connectivity index (χ2n) is 9.34. The summed E-state index contributed by atoms with van der Waals surface area (Å²) in [4.78, 5) is 32.0. The van der Waals surface area contributed by atoms with Crippen molar-refractivity contribution in [1.29, 1.82) is 0 Å². The number of Topliss-reactive ketones (excluding diaryl/α,β-unsaturated/α-hetero) is 1. The molecule has 1 aliphatic carbocycles. The lowest BCUT2D eigenvalue weighted by Gasteiger charge is -2.37. The summed E-state index contributed by atoms with van der Waals surface area (Å²) in [5.41, 5.74) is 1.51. The lowest BCUT2D eigenvalue weighted by Crippen LogP contribution is -2.48. The Labute approximate surface area is 181 Å². The molecule has 1 aromatic carbocycles. The van der Waals surface area contributed by atoms with Crippen LogP contribution in [0.2, 0.25) is 0 Å².